The van der Waals surface area contributed by atoms with E-state index in [-0.39, 0.29) is 24.7 Å². The van der Waals surface area contributed by atoms with E-state index in [1.165, 1.54) is 11.8 Å². The number of carbonyl (C=O) groups is 1. The maximum Gasteiger partial charge on any atom is 0.173 e. The van der Waals surface area contributed by atoms with E-state index < -0.39 is 6.10 Å². The number of rotatable bonds is 8. The normalized spacial score (nSPS) is 12.1. The van der Waals surface area contributed by atoms with Crippen molar-refractivity contribution in [2.45, 2.75) is 24.4 Å². The monoisotopic (exact) mass is 368 g/mol. The Morgan fingerprint density at radius 2 is 1.73 bits per heavy atom. The van der Waals surface area contributed by atoms with Crippen LogP contribution >= 0.6 is 11.8 Å². The van der Waals surface area contributed by atoms with Gasteiger partial charge in [-0.05, 0) is 5.56 Å². The summed E-state index contributed by atoms with van der Waals surface area (Å²) in [7, 11) is 0. The Labute approximate surface area is 156 Å². The Kier molecular flexibility index (Phi) is 6.22. The zero-order valence-electron chi connectivity index (χ0n) is 14.2. The van der Waals surface area contributed by atoms with Crippen molar-refractivity contribution in [3.63, 3.8) is 0 Å². The molecule has 0 aliphatic carbocycles. The van der Waals surface area contributed by atoms with E-state index in [1.807, 2.05) is 48.5 Å². The molecule has 2 N–H and O–H groups in total. The van der Waals surface area contributed by atoms with Crippen LogP contribution in [0, 0.1) is 0 Å². The van der Waals surface area contributed by atoms with Crippen molar-refractivity contribution in [3.8, 4) is 0 Å². The van der Waals surface area contributed by atoms with Crippen LogP contribution in [0.5, 0.6) is 0 Å². The van der Waals surface area contributed by atoms with Crippen LogP contribution in [0.15, 0.2) is 72.0 Å². The lowest BCUT2D eigenvalue weighted by Gasteiger charge is -2.16. The molecule has 3 aromatic rings. The van der Waals surface area contributed by atoms with Crippen LogP contribution in [0.3, 0.4) is 0 Å². The summed E-state index contributed by atoms with van der Waals surface area (Å²) in [5.41, 5.74) is 2.06. The molecule has 134 valence electrons. The minimum absolute atomic E-state index is 0.0132. The van der Waals surface area contributed by atoms with Crippen molar-refractivity contribution >= 4 is 17.5 Å². The van der Waals surface area contributed by atoms with Gasteiger partial charge >= 0.3 is 0 Å². The average Bonchev–Trinajstić information content (AvgIpc) is 3.09. The van der Waals surface area contributed by atoms with Gasteiger partial charge in [-0.2, -0.15) is 0 Å². The molecule has 0 bridgehead atoms. The summed E-state index contributed by atoms with van der Waals surface area (Å²) in [6.07, 6.45) is 0.854. The first-order valence-electron chi connectivity index (χ1n) is 8.28. The Morgan fingerprint density at radius 3 is 2.38 bits per heavy atom. The van der Waals surface area contributed by atoms with Crippen molar-refractivity contribution in [2.75, 3.05) is 5.75 Å². The number of carbonyl (C=O) groups excluding carboxylic acids is 1. The fourth-order valence-corrected chi connectivity index (χ4v) is 3.52. The number of thioether (sulfide) groups is 1. The maximum absolute atomic E-state index is 12.3. The van der Waals surface area contributed by atoms with Crippen molar-refractivity contribution < 1.29 is 15.0 Å². The fourth-order valence-electron chi connectivity index (χ4n) is 2.62. The second-order valence-electron chi connectivity index (χ2n) is 5.81. The number of ketones is 1. The molecular weight excluding hydrogens is 348 g/mol. The van der Waals surface area contributed by atoms with E-state index in [1.54, 1.807) is 22.9 Å². The quantitative estimate of drug-likeness (QED) is 0.472. The van der Waals surface area contributed by atoms with Gasteiger partial charge in [0, 0.05) is 5.56 Å². The summed E-state index contributed by atoms with van der Waals surface area (Å²) in [6.45, 7) is 0.0868. The van der Waals surface area contributed by atoms with Crippen LogP contribution in [0.25, 0.3) is 0 Å². The molecule has 5 nitrogen and oxygen atoms in total. The van der Waals surface area contributed by atoms with Crippen molar-refractivity contribution in [1.29, 1.82) is 0 Å². The van der Waals surface area contributed by atoms with Gasteiger partial charge in [0.1, 0.15) is 0 Å². The standard InChI is InChI=1S/C20H20N2O3S/c23-13-17-11-21-20(26-14-19(25)16-9-5-2-6-10-16)22(17)12-18(24)15-7-3-1-4-8-15/h1-11,18,23-24H,12-14H2. The Bertz CT molecular complexity index is 850. The Hall–Kier alpha value is -2.41. The zero-order valence-corrected chi connectivity index (χ0v) is 15.0. The third-order valence-electron chi connectivity index (χ3n) is 4.03. The van der Waals surface area contributed by atoms with Gasteiger partial charge in [0.2, 0.25) is 0 Å². The van der Waals surface area contributed by atoms with Gasteiger partial charge in [-0.3, -0.25) is 4.79 Å². The second kappa shape index (κ2) is 8.80. The molecule has 26 heavy (non-hydrogen) atoms. The maximum atomic E-state index is 12.3. The van der Waals surface area contributed by atoms with E-state index in [0.717, 1.165) is 5.56 Å². The van der Waals surface area contributed by atoms with E-state index in [2.05, 4.69) is 4.98 Å². The van der Waals surface area contributed by atoms with Crippen molar-refractivity contribution in [1.82, 2.24) is 9.55 Å². The van der Waals surface area contributed by atoms with Crippen LogP contribution in [0.1, 0.15) is 27.7 Å². The number of benzene rings is 2. The molecular formula is C20H20N2O3S. The topological polar surface area (TPSA) is 75.3 Å². The highest BCUT2D eigenvalue weighted by Crippen LogP contribution is 2.24. The van der Waals surface area contributed by atoms with Gasteiger partial charge in [0.15, 0.2) is 10.9 Å². The lowest BCUT2D eigenvalue weighted by atomic mass is 10.1. The summed E-state index contributed by atoms with van der Waals surface area (Å²) >= 11 is 1.30. The molecule has 0 saturated carbocycles. The average molecular weight is 368 g/mol. The largest absolute Gasteiger partial charge is 0.390 e. The SMILES string of the molecule is O=C(CSc1ncc(CO)n1CC(O)c1ccccc1)c1ccccc1. The van der Waals surface area contributed by atoms with Crippen LogP contribution in [0.4, 0.5) is 0 Å². The molecule has 2 aromatic carbocycles. The predicted octanol–water partition coefficient (Wildman–Crippen LogP) is 3.08. The summed E-state index contributed by atoms with van der Waals surface area (Å²) in [5.74, 6) is 0.257. The molecule has 0 radical (unpaired) electrons. The van der Waals surface area contributed by atoms with Crippen LogP contribution in [-0.4, -0.2) is 31.3 Å². The lowest BCUT2D eigenvalue weighted by molar-refractivity contribution is 0.102. The number of aliphatic hydroxyl groups is 2. The minimum Gasteiger partial charge on any atom is -0.390 e. The number of nitrogens with zero attached hydrogens (tertiary/aromatic N) is 2. The molecule has 0 aliphatic heterocycles. The van der Waals surface area contributed by atoms with Gasteiger partial charge in [0.25, 0.3) is 0 Å². The summed E-state index contributed by atoms with van der Waals surface area (Å²) in [4.78, 5) is 16.6. The molecule has 0 saturated heterocycles. The molecule has 3 rings (SSSR count). The molecule has 1 atom stereocenters. The first kappa shape index (κ1) is 18.4. The van der Waals surface area contributed by atoms with Gasteiger partial charge in [0.05, 0.1) is 36.9 Å². The number of hydrogen-bond acceptors (Lipinski definition) is 5. The van der Waals surface area contributed by atoms with Crippen molar-refractivity contribution in [3.05, 3.63) is 83.7 Å². The molecule has 0 spiro atoms. The molecule has 1 aromatic heterocycles. The highest BCUT2D eigenvalue weighted by molar-refractivity contribution is 7.99. The van der Waals surface area contributed by atoms with E-state index >= 15 is 0 Å². The van der Waals surface area contributed by atoms with Crippen LogP contribution < -0.4 is 0 Å². The summed E-state index contributed by atoms with van der Waals surface area (Å²) < 4.78 is 1.76. The molecule has 0 amide bonds. The first-order valence-corrected chi connectivity index (χ1v) is 9.27. The summed E-state index contributed by atoms with van der Waals surface area (Å²) in [5, 5.41) is 20.6. The first-order chi connectivity index (χ1) is 12.7. The van der Waals surface area contributed by atoms with Crippen LogP contribution in [0.2, 0.25) is 0 Å². The third kappa shape index (κ3) is 4.40. The second-order valence-corrected chi connectivity index (χ2v) is 6.75. The zero-order chi connectivity index (χ0) is 18.4. The van der Waals surface area contributed by atoms with Gasteiger partial charge in [-0.15, -0.1) is 0 Å². The molecule has 0 fully saturated rings. The van der Waals surface area contributed by atoms with Crippen LogP contribution in [-0.2, 0) is 13.2 Å². The Balaban J connectivity index is 1.72. The number of Topliss-reactive ketones (excluding diaryl/α,β-unsaturated/α-hetero) is 1. The van der Waals surface area contributed by atoms with Gasteiger partial charge < -0.3 is 14.8 Å². The minimum atomic E-state index is -0.722. The molecule has 6 heteroatoms. The molecule has 1 heterocycles. The fraction of sp³-hybridized carbons (Fsp3) is 0.200. The lowest BCUT2D eigenvalue weighted by Crippen LogP contribution is -2.13. The highest BCUT2D eigenvalue weighted by Gasteiger charge is 2.16. The highest BCUT2D eigenvalue weighted by atomic mass is 32.2. The van der Waals surface area contributed by atoms with E-state index in [4.69, 9.17) is 0 Å². The van der Waals surface area contributed by atoms with Crippen molar-refractivity contribution in [2.24, 2.45) is 0 Å². The summed E-state index contributed by atoms with van der Waals surface area (Å²) in [6, 6.07) is 18.4. The predicted molar refractivity (Wildman–Crippen MR) is 101 cm³/mol. The van der Waals surface area contributed by atoms with E-state index in [0.29, 0.717) is 16.4 Å². The Morgan fingerprint density at radius 1 is 1.08 bits per heavy atom. The molecule has 1 unspecified atom stereocenters. The number of aromatic nitrogens is 2. The van der Waals surface area contributed by atoms with Gasteiger partial charge in [-0.25, -0.2) is 4.98 Å². The number of hydrogen-bond donors (Lipinski definition) is 2. The third-order valence-corrected chi connectivity index (χ3v) is 5.02. The van der Waals surface area contributed by atoms with E-state index in [9.17, 15) is 15.0 Å². The van der Waals surface area contributed by atoms with Gasteiger partial charge in [-0.1, -0.05) is 72.4 Å². The number of aliphatic hydroxyl groups excluding tert-OH is 2. The smallest absolute Gasteiger partial charge is 0.173 e. The number of imidazole rings is 1. The molecule has 0 aliphatic rings.